The van der Waals surface area contributed by atoms with Gasteiger partial charge in [0.1, 0.15) is 5.82 Å². The van der Waals surface area contributed by atoms with Crippen LogP contribution in [0.2, 0.25) is 0 Å². The lowest BCUT2D eigenvalue weighted by Crippen LogP contribution is -2.31. The maximum Gasteiger partial charge on any atom is 0.251 e. The molecule has 1 atom stereocenters. The van der Waals surface area contributed by atoms with Crippen molar-refractivity contribution in [3.05, 3.63) is 41.6 Å². The van der Waals surface area contributed by atoms with Crippen molar-refractivity contribution in [2.24, 2.45) is 0 Å². The fraction of sp³-hybridized carbons (Fsp3) is 0.389. The molecule has 0 bridgehead atoms. The number of hydrogen-bond donors (Lipinski definition) is 2. The van der Waals surface area contributed by atoms with Crippen molar-refractivity contribution in [3.63, 3.8) is 0 Å². The Morgan fingerprint density at radius 2 is 2.08 bits per heavy atom. The van der Waals surface area contributed by atoms with Crippen LogP contribution in [0.1, 0.15) is 35.8 Å². The highest BCUT2D eigenvalue weighted by Crippen LogP contribution is 2.18. The zero-order valence-corrected chi connectivity index (χ0v) is 14.4. The molecule has 25 heavy (non-hydrogen) atoms. The normalized spacial score (nSPS) is 16.6. The maximum absolute atomic E-state index is 12.2. The number of rotatable bonds is 5. The topological polar surface area (TPSA) is 85.2 Å². The molecule has 7 heteroatoms. The number of hydrogen-bond acceptors (Lipinski definition) is 4. The van der Waals surface area contributed by atoms with Gasteiger partial charge < -0.3 is 15.4 Å². The molecule has 2 N–H and O–H groups in total. The van der Waals surface area contributed by atoms with Crippen LogP contribution in [0.25, 0.3) is 5.69 Å². The summed E-state index contributed by atoms with van der Waals surface area (Å²) in [5.41, 5.74) is 2.14. The number of nitrogens with zero attached hydrogens (tertiary/aromatic N) is 2. The van der Waals surface area contributed by atoms with Crippen molar-refractivity contribution in [2.75, 3.05) is 18.5 Å². The van der Waals surface area contributed by atoms with Crippen molar-refractivity contribution < 1.29 is 14.3 Å². The number of anilines is 1. The summed E-state index contributed by atoms with van der Waals surface area (Å²) in [6.45, 7) is 4.61. The summed E-state index contributed by atoms with van der Waals surface area (Å²) in [6.07, 6.45) is 2.16. The molecule has 0 aliphatic carbocycles. The fourth-order valence-electron chi connectivity index (χ4n) is 2.83. The number of carbonyl (C=O) groups excluding carboxylic acids is 2. The molecule has 1 aromatic heterocycles. The average molecular weight is 342 g/mol. The van der Waals surface area contributed by atoms with Gasteiger partial charge in [0.25, 0.3) is 5.91 Å². The smallest absolute Gasteiger partial charge is 0.251 e. The van der Waals surface area contributed by atoms with E-state index in [1.165, 1.54) is 6.92 Å². The second-order valence-electron chi connectivity index (χ2n) is 6.16. The first-order chi connectivity index (χ1) is 12.0. The van der Waals surface area contributed by atoms with Gasteiger partial charge in [0.05, 0.1) is 17.5 Å². The lowest BCUT2D eigenvalue weighted by Gasteiger charge is -2.11. The number of carbonyl (C=O) groups is 2. The highest BCUT2D eigenvalue weighted by atomic mass is 16.5. The monoisotopic (exact) mass is 342 g/mol. The molecular formula is C18H22N4O3. The van der Waals surface area contributed by atoms with Crippen LogP contribution in [-0.2, 0) is 9.53 Å². The zero-order valence-electron chi connectivity index (χ0n) is 14.4. The second kappa shape index (κ2) is 7.48. The average Bonchev–Trinajstić information content (AvgIpc) is 3.22. The van der Waals surface area contributed by atoms with Crippen LogP contribution in [0.15, 0.2) is 30.3 Å². The van der Waals surface area contributed by atoms with Crippen molar-refractivity contribution in [2.45, 2.75) is 32.8 Å². The first-order valence-electron chi connectivity index (χ1n) is 8.37. The standard InChI is InChI=1S/C18H22N4O3/c1-12-10-17(20-13(2)23)22(21-12)15-7-5-14(6-8-15)18(24)19-11-16-4-3-9-25-16/h5-8,10,16H,3-4,9,11H2,1-2H3,(H,19,24)(H,20,23). The van der Waals surface area contributed by atoms with E-state index in [9.17, 15) is 9.59 Å². The molecule has 3 rings (SSSR count). The van der Waals surface area contributed by atoms with Crippen molar-refractivity contribution in [3.8, 4) is 5.69 Å². The van der Waals surface area contributed by atoms with Gasteiger partial charge in [-0.1, -0.05) is 0 Å². The number of benzene rings is 1. The molecule has 7 nitrogen and oxygen atoms in total. The fourth-order valence-corrected chi connectivity index (χ4v) is 2.83. The summed E-state index contributed by atoms with van der Waals surface area (Å²) in [4.78, 5) is 23.5. The van der Waals surface area contributed by atoms with Crippen LogP contribution in [0.4, 0.5) is 5.82 Å². The lowest BCUT2D eigenvalue weighted by molar-refractivity contribution is -0.114. The summed E-state index contributed by atoms with van der Waals surface area (Å²) in [7, 11) is 0. The van der Waals surface area contributed by atoms with Gasteiger partial charge in [-0.3, -0.25) is 9.59 Å². The van der Waals surface area contributed by atoms with Gasteiger partial charge in [-0.15, -0.1) is 0 Å². The van der Waals surface area contributed by atoms with Gasteiger partial charge in [0.2, 0.25) is 5.91 Å². The third-order valence-electron chi connectivity index (χ3n) is 4.02. The number of nitrogens with one attached hydrogen (secondary N) is 2. The van der Waals surface area contributed by atoms with E-state index in [2.05, 4.69) is 15.7 Å². The van der Waals surface area contributed by atoms with E-state index in [-0.39, 0.29) is 17.9 Å². The van der Waals surface area contributed by atoms with Crippen molar-refractivity contribution in [1.82, 2.24) is 15.1 Å². The minimum Gasteiger partial charge on any atom is -0.376 e. The molecule has 1 aromatic carbocycles. The Balaban J connectivity index is 1.69. The quantitative estimate of drug-likeness (QED) is 0.871. The third kappa shape index (κ3) is 4.24. The van der Waals surface area contributed by atoms with Crippen LogP contribution < -0.4 is 10.6 Å². The molecule has 1 fully saturated rings. The Labute approximate surface area is 146 Å². The molecule has 2 aromatic rings. The Morgan fingerprint density at radius 1 is 1.32 bits per heavy atom. The molecule has 2 amide bonds. The number of aryl methyl sites for hydroxylation is 1. The minimum absolute atomic E-state index is 0.121. The summed E-state index contributed by atoms with van der Waals surface area (Å²) < 4.78 is 7.15. The van der Waals surface area contributed by atoms with E-state index >= 15 is 0 Å². The van der Waals surface area contributed by atoms with Crippen molar-refractivity contribution >= 4 is 17.6 Å². The molecule has 2 heterocycles. The van der Waals surface area contributed by atoms with Crippen LogP contribution in [-0.4, -0.2) is 40.9 Å². The molecule has 1 aliphatic heterocycles. The summed E-state index contributed by atoms with van der Waals surface area (Å²) in [5, 5.41) is 10.0. The molecule has 0 saturated carbocycles. The van der Waals surface area contributed by atoms with Gasteiger partial charge in [-0.25, -0.2) is 4.68 Å². The van der Waals surface area contributed by atoms with Gasteiger partial charge in [-0.2, -0.15) is 5.10 Å². The zero-order chi connectivity index (χ0) is 17.8. The van der Waals surface area contributed by atoms with Crippen LogP contribution in [0.5, 0.6) is 0 Å². The van der Waals surface area contributed by atoms with E-state index in [0.717, 1.165) is 30.8 Å². The molecule has 0 spiro atoms. The van der Waals surface area contributed by atoms with Crippen LogP contribution in [0.3, 0.4) is 0 Å². The predicted octanol–water partition coefficient (Wildman–Crippen LogP) is 2.05. The summed E-state index contributed by atoms with van der Waals surface area (Å²) in [6, 6.07) is 8.89. The molecule has 132 valence electrons. The van der Waals surface area contributed by atoms with E-state index in [0.29, 0.717) is 17.9 Å². The van der Waals surface area contributed by atoms with Gasteiger partial charge in [0.15, 0.2) is 0 Å². The Bertz CT molecular complexity index is 761. The molecule has 1 saturated heterocycles. The SMILES string of the molecule is CC(=O)Nc1cc(C)nn1-c1ccc(C(=O)NCC2CCCO2)cc1. The number of aromatic nitrogens is 2. The summed E-state index contributed by atoms with van der Waals surface area (Å²) >= 11 is 0. The molecule has 0 radical (unpaired) electrons. The van der Waals surface area contributed by atoms with Crippen LogP contribution in [0, 0.1) is 6.92 Å². The molecular weight excluding hydrogens is 320 g/mol. The van der Waals surface area contributed by atoms with E-state index < -0.39 is 0 Å². The highest BCUT2D eigenvalue weighted by Gasteiger charge is 2.17. The predicted molar refractivity (Wildman–Crippen MR) is 93.9 cm³/mol. The second-order valence-corrected chi connectivity index (χ2v) is 6.16. The lowest BCUT2D eigenvalue weighted by atomic mass is 10.2. The van der Waals surface area contributed by atoms with Gasteiger partial charge in [0, 0.05) is 31.7 Å². The third-order valence-corrected chi connectivity index (χ3v) is 4.02. The number of ether oxygens (including phenoxy) is 1. The highest BCUT2D eigenvalue weighted by molar-refractivity contribution is 5.94. The number of amides is 2. The van der Waals surface area contributed by atoms with E-state index in [1.54, 1.807) is 35.0 Å². The summed E-state index contributed by atoms with van der Waals surface area (Å²) in [5.74, 6) is 0.313. The van der Waals surface area contributed by atoms with Gasteiger partial charge in [-0.05, 0) is 44.0 Å². The Hall–Kier alpha value is -2.67. The van der Waals surface area contributed by atoms with Crippen molar-refractivity contribution in [1.29, 1.82) is 0 Å². The van der Waals surface area contributed by atoms with E-state index in [1.807, 2.05) is 6.92 Å². The Morgan fingerprint density at radius 3 is 2.72 bits per heavy atom. The Kier molecular flexibility index (Phi) is 5.14. The van der Waals surface area contributed by atoms with E-state index in [4.69, 9.17) is 4.74 Å². The maximum atomic E-state index is 12.2. The molecule has 1 unspecified atom stereocenters. The van der Waals surface area contributed by atoms with Gasteiger partial charge >= 0.3 is 0 Å². The minimum atomic E-state index is -0.161. The largest absolute Gasteiger partial charge is 0.376 e. The first kappa shape index (κ1) is 17.2. The molecule has 1 aliphatic rings. The first-order valence-corrected chi connectivity index (χ1v) is 8.37. The van der Waals surface area contributed by atoms with Crippen LogP contribution >= 0.6 is 0 Å².